The molecule has 3 heteroatoms. The van der Waals surface area contributed by atoms with Crippen LogP contribution in [-0.2, 0) is 0 Å². The third-order valence-corrected chi connectivity index (χ3v) is 9.52. The highest BCUT2D eigenvalue weighted by atomic mass is 35.5. The van der Waals surface area contributed by atoms with Crippen LogP contribution < -0.4 is 28.3 Å². The van der Waals surface area contributed by atoms with Crippen molar-refractivity contribution < 1.29 is 17.5 Å². The lowest BCUT2D eigenvalue weighted by molar-refractivity contribution is -0.00000626. The molecular weight excluding hydrogens is 371 g/mol. The van der Waals surface area contributed by atoms with Crippen LogP contribution >= 0.6 is 7.26 Å². The van der Waals surface area contributed by atoms with Crippen LogP contribution in [0.4, 0.5) is 0 Å². The average Bonchev–Trinajstić information content (AvgIpc) is 2.73. The van der Waals surface area contributed by atoms with E-state index in [2.05, 4.69) is 91.0 Å². The molecule has 3 rings (SSSR count). The van der Waals surface area contributed by atoms with Gasteiger partial charge in [-0.1, -0.05) is 61.0 Å². The van der Waals surface area contributed by atoms with Crippen LogP contribution in [0.2, 0.25) is 0 Å². The zero-order valence-corrected chi connectivity index (χ0v) is 17.3. The molecule has 0 unspecified atom stereocenters. The lowest BCUT2D eigenvalue weighted by Gasteiger charge is -2.27. The molecule has 0 amide bonds. The molecule has 3 aromatic rings. The topological polar surface area (TPSA) is 20.2 Å². The van der Waals surface area contributed by atoms with Gasteiger partial charge in [0, 0.05) is 6.61 Å². The van der Waals surface area contributed by atoms with Crippen LogP contribution in [0.5, 0.6) is 0 Å². The van der Waals surface area contributed by atoms with Crippen molar-refractivity contribution in [1.29, 1.82) is 0 Å². The van der Waals surface area contributed by atoms with Crippen LogP contribution in [0.3, 0.4) is 0 Å². The lowest BCUT2D eigenvalue weighted by Crippen LogP contribution is -3.00. The van der Waals surface area contributed by atoms with E-state index in [1.54, 1.807) is 0 Å². The molecule has 0 radical (unpaired) electrons. The maximum absolute atomic E-state index is 9.07. The number of rotatable bonds is 9. The number of benzene rings is 3. The summed E-state index contributed by atoms with van der Waals surface area (Å²) >= 11 is 0. The van der Waals surface area contributed by atoms with Crippen LogP contribution in [0.1, 0.15) is 25.7 Å². The molecule has 1 nitrogen and oxygen atoms in total. The van der Waals surface area contributed by atoms with Gasteiger partial charge in [0.15, 0.2) is 0 Å². The van der Waals surface area contributed by atoms with Gasteiger partial charge in [-0.3, -0.25) is 0 Å². The molecule has 1 N–H and O–H groups in total. The summed E-state index contributed by atoms with van der Waals surface area (Å²) in [6.07, 6.45) is 5.56. The van der Waals surface area contributed by atoms with Crippen molar-refractivity contribution in [3.05, 3.63) is 91.0 Å². The Bertz CT molecular complexity index is 665. The summed E-state index contributed by atoms with van der Waals surface area (Å²) in [5, 5.41) is 13.4. The van der Waals surface area contributed by atoms with Gasteiger partial charge in [0.25, 0.3) is 0 Å². The van der Waals surface area contributed by atoms with Gasteiger partial charge in [0.2, 0.25) is 0 Å². The van der Waals surface area contributed by atoms with Gasteiger partial charge >= 0.3 is 0 Å². The highest BCUT2D eigenvalue weighted by Crippen LogP contribution is 2.55. The van der Waals surface area contributed by atoms with Gasteiger partial charge < -0.3 is 17.5 Å². The molecule has 0 aromatic heterocycles. The second-order valence-electron chi connectivity index (χ2n) is 6.68. The molecule has 0 fully saturated rings. The molecular formula is C24H28ClOP. The van der Waals surface area contributed by atoms with E-state index in [1.165, 1.54) is 34.9 Å². The first-order chi connectivity index (χ1) is 12.9. The molecule has 0 aliphatic rings. The number of aliphatic hydroxyl groups is 1. The number of hydrogen-bond acceptors (Lipinski definition) is 1. The monoisotopic (exact) mass is 398 g/mol. The summed E-state index contributed by atoms with van der Waals surface area (Å²) in [5.74, 6) is 0. The Morgan fingerprint density at radius 1 is 0.519 bits per heavy atom. The van der Waals surface area contributed by atoms with Crippen molar-refractivity contribution in [2.75, 3.05) is 12.8 Å². The first kappa shape index (κ1) is 21.6. The van der Waals surface area contributed by atoms with Crippen LogP contribution in [-0.4, -0.2) is 17.9 Å². The van der Waals surface area contributed by atoms with E-state index >= 15 is 0 Å². The van der Waals surface area contributed by atoms with Crippen LogP contribution in [0, 0.1) is 0 Å². The fourth-order valence-corrected chi connectivity index (χ4v) is 8.11. The molecule has 0 bridgehead atoms. The van der Waals surface area contributed by atoms with E-state index in [1.807, 2.05) is 0 Å². The SMILES string of the molecule is OCCCCCC[P+](c1ccccc1)(c1ccccc1)c1ccccc1.[Cl-]. The Morgan fingerprint density at radius 3 is 1.26 bits per heavy atom. The molecule has 0 saturated heterocycles. The summed E-state index contributed by atoms with van der Waals surface area (Å²) in [7, 11) is -1.66. The highest BCUT2D eigenvalue weighted by molar-refractivity contribution is 7.95. The lowest BCUT2D eigenvalue weighted by atomic mass is 10.2. The molecule has 142 valence electrons. The van der Waals surface area contributed by atoms with Crippen molar-refractivity contribution in [3.8, 4) is 0 Å². The van der Waals surface area contributed by atoms with Gasteiger partial charge in [0.05, 0.1) is 6.16 Å². The van der Waals surface area contributed by atoms with Crippen molar-refractivity contribution in [2.45, 2.75) is 25.7 Å². The van der Waals surface area contributed by atoms with Crippen molar-refractivity contribution in [1.82, 2.24) is 0 Å². The van der Waals surface area contributed by atoms with Crippen LogP contribution in [0.25, 0.3) is 0 Å². The molecule has 0 aliphatic carbocycles. The minimum absolute atomic E-state index is 0. The zero-order valence-electron chi connectivity index (χ0n) is 15.7. The van der Waals surface area contributed by atoms with E-state index in [9.17, 15) is 0 Å². The average molecular weight is 399 g/mol. The first-order valence-corrected chi connectivity index (χ1v) is 11.5. The summed E-state index contributed by atoms with van der Waals surface area (Å²) in [6, 6.07) is 33.2. The maximum atomic E-state index is 9.07. The largest absolute Gasteiger partial charge is 1.00 e. The predicted molar refractivity (Wildman–Crippen MR) is 116 cm³/mol. The standard InChI is InChI=1S/C24H28OP.ClH/c25-20-12-1-2-13-21-26(22-14-6-3-7-15-22,23-16-8-4-9-17-23)24-18-10-5-11-19-24;/h3-11,14-19,25H,1-2,12-13,20-21H2;1H/q+1;/p-1. The molecule has 0 saturated carbocycles. The van der Waals surface area contributed by atoms with Gasteiger partial charge in [-0.2, -0.15) is 0 Å². The molecule has 27 heavy (non-hydrogen) atoms. The molecule has 0 atom stereocenters. The smallest absolute Gasteiger partial charge is 0.112 e. The fourth-order valence-electron chi connectivity index (χ4n) is 3.70. The third kappa shape index (κ3) is 5.20. The minimum Gasteiger partial charge on any atom is -1.00 e. The number of halogens is 1. The van der Waals surface area contributed by atoms with Crippen molar-refractivity contribution in [2.24, 2.45) is 0 Å². The summed E-state index contributed by atoms with van der Waals surface area (Å²) < 4.78 is 0. The summed E-state index contributed by atoms with van der Waals surface area (Å²) in [4.78, 5) is 0. The molecule has 0 aliphatic heterocycles. The quantitative estimate of drug-likeness (QED) is 0.428. The van der Waals surface area contributed by atoms with E-state index < -0.39 is 7.26 Å². The van der Waals surface area contributed by atoms with E-state index in [-0.39, 0.29) is 12.4 Å². The predicted octanol–water partition coefficient (Wildman–Crippen LogP) is 1.54. The Kier molecular flexibility index (Phi) is 9.01. The zero-order chi connectivity index (χ0) is 18.1. The fraction of sp³-hybridized carbons (Fsp3) is 0.250. The van der Waals surface area contributed by atoms with Gasteiger partial charge in [-0.25, -0.2) is 0 Å². The molecule has 0 spiro atoms. The Hall–Kier alpha value is -1.66. The van der Waals surface area contributed by atoms with Crippen molar-refractivity contribution >= 4 is 23.2 Å². The Morgan fingerprint density at radius 2 is 0.889 bits per heavy atom. The van der Waals surface area contributed by atoms with Gasteiger partial charge in [-0.15, -0.1) is 0 Å². The second kappa shape index (κ2) is 11.2. The first-order valence-electron chi connectivity index (χ1n) is 9.54. The number of unbranched alkanes of at least 4 members (excludes halogenated alkanes) is 3. The Balaban J connectivity index is 0.00000261. The van der Waals surface area contributed by atoms with Gasteiger partial charge in [0.1, 0.15) is 23.2 Å². The second-order valence-corrected chi connectivity index (χ2v) is 10.3. The summed E-state index contributed by atoms with van der Waals surface area (Å²) in [6.45, 7) is 0.302. The number of aliphatic hydroxyl groups excluding tert-OH is 1. The van der Waals surface area contributed by atoms with E-state index in [4.69, 9.17) is 5.11 Å². The normalized spacial score (nSPS) is 11.0. The maximum Gasteiger partial charge on any atom is 0.112 e. The highest BCUT2D eigenvalue weighted by Gasteiger charge is 2.44. The van der Waals surface area contributed by atoms with Crippen molar-refractivity contribution in [3.63, 3.8) is 0 Å². The minimum atomic E-state index is -1.66. The molecule has 3 aromatic carbocycles. The summed E-state index contributed by atoms with van der Waals surface area (Å²) in [5.41, 5.74) is 0. The van der Waals surface area contributed by atoms with E-state index in [0.717, 1.165) is 12.8 Å². The van der Waals surface area contributed by atoms with Crippen LogP contribution in [0.15, 0.2) is 91.0 Å². The number of hydrogen-bond donors (Lipinski definition) is 1. The third-order valence-electron chi connectivity index (χ3n) is 4.99. The van der Waals surface area contributed by atoms with E-state index in [0.29, 0.717) is 6.61 Å². The Labute approximate surface area is 170 Å². The van der Waals surface area contributed by atoms with Gasteiger partial charge in [-0.05, 0) is 55.7 Å². The molecule has 0 heterocycles.